The smallest absolute Gasteiger partial charge is 0.244 e. The lowest BCUT2D eigenvalue weighted by atomic mass is 10.3. The van der Waals surface area contributed by atoms with E-state index in [0.29, 0.717) is 15.2 Å². The molecule has 1 aromatic carbocycles. The first-order valence-corrected chi connectivity index (χ1v) is 11.8. The van der Waals surface area contributed by atoms with Crippen molar-refractivity contribution in [3.63, 3.8) is 0 Å². The monoisotopic (exact) mass is 463 g/mol. The number of aromatic nitrogens is 2. The summed E-state index contributed by atoms with van der Waals surface area (Å²) in [6, 6.07) is 4.59. The maximum atomic E-state index is 12.5. The van der Waals surface area contributed by atoms with Crippen molar-refractivity contribution in [1.29, 1.82) is 0 Å². The molecule has 0 radical (unpaired) electrons. The number of hydrogen-bond donors (Lipinski definition) is 2. The number of anilines is 2. The van der Waals surface area contributed by atoms with Gasteiger partial charge in [-0.05, 0) is 39.0 Å². The van der Waals surface area contributed by atoms with Crippen LogP contribution in [0.15, 0.2) is 27.4 Å². The lowest BCUT2D eigenvalue weighted by Crippen LogP contribution is -2.24. The van der Waals surface area contributed by atoms with Gasteiger partial charge in [0.15, 0.2) is 4.34 Å². The van der Waals surface area contributed by atoms with E-state index in [9.17, 15) is 13.2 Å². The van der Waals surface area contributed by atoms with Gasteiger partial charge in [-0.15, -0.1) is 10.2 Å². The maximum absolute atomic E-state index is 12.5. The molecule has 1 amide bonds. The molecular formula is C16H22ClN5O3S3. The van der Waals surface area contributed by atoms with Gasteiger partial charge < -0.3 is 10.6 Å². The van der Waals surface area contributed by atoms with Crippen molar-refractivity contribution in [2.24, 2.45) is 0 Å². The molecule has 154 valence electrons. The fourth-order valence-corrected chi connectivity index (χ4v) is 5.42. The lowest BCUT2D eigenvalue weighted by molar-refractivity contribution is -0.115. The number of hydrogen-bond acceptors (Lipinski definition) is 8. The van der Waals surface area contributed by atoms with E-state index in [1.807, 2.05) is 13.8 Å². The Hall–Kier alpha value is -1.40. The molecule has 0 saturated heterocycles. The topological polar surface area (TPSA) is 104 Å². The molecule has 12 heteroatoms. The minimum absolute atomic E-state index is 0.0641. The van der Waals surface area contributed by atoms with Gasteiger partial charge in [0.1, 0.15) is 4.90 Å². The highest BCUT2D eigenvalue weighted by molar-refractivity contribution is 8.02. The fourth-order valence-electron chi connectivity index (χ4n) is 1.99. The molecule has 1 heterocycles. The van der Waals surface area contributed by atoms with Crippen molar-refractivity contribution in [3.8, 4) is 0 Å². The van der Waals surface area contributed by atoms with Gasteiger partial charge in [0, 0.05) is 25.8 Å². The highest BCUT2D eigenvalue weighted by atomic mass is 35.5. The summed E-state index contributed by atoms with van der Waals surface area (Å²) in [6.45, 7) is 5.74. The normalized spacial score (nSPS) is 13.0. The average molecular weight is 464 g/mol. The SMILES string of the molecule is CC(C)Nc1nnc(SC(C)C(=O)Nc2ccc(Cl)c(S(=O)(=O)N(C)C)c2)s1. The van der Waals surface area contributed by atoms with E-state index in [1.165, 1.54) is 49.3 Å². The Morgan fingerprint density at radius 1 is 1.25 bits per heavy atom. The van der Waals surface area contributed by atoms with Crippen molar-refractivity contribution in [3.05, 3.63) is 23.2 Å². The summed E-state index contributed by atoms with van der Waals surface area (Å²) in [6.07, 6.45) is 0. The third-order valence-electron chi connectivity index (χ3n) is 3.42. The van der Waals surface area contributed by atoms with Crippen LogP contribution >= 0.6 is 34.7 Å². The Morgan fingerprint density at radius 2 is 1.93 bits per heavy atom. The van der Waals surface area contributed by atoms with Crippen LogP contribution in [0.2, 0.25) is 5.02 Å². The van der Waals surface area contributed by atoms with E-state index in [0.717, 1.165) is 4.31 Å². The number of amides is 1. The molecule has 2 rings (SSSR count). The summed E-state index contributed by atoms with van der Waals surface area (Å²) in [7, 11) is -0.887. The van der Waals surface area contributed by atoms with E-state index in [4.69, 9.17) is 11.6 Å². The molecule has 0 spiro atoms. The molecule has 2 aromatic rings. The number of thioether (sulfide) groups is 1. The van der Waals surface area contributed by atoms with Crippen molar-refractivity contribution >= 4 is 61.4 Å². The zero-order valence-corrected chi connectivity index (χ0v) is 19.3. The van der Waals surface area contributed by atoms with Crippen molar-refractivity contribution in [1.82, 2.24) is 14.5 Å². The van der Waals surface area contributed by atoms with E-state index in [2.05, 4.69) is 20.8 Å². The average Bonchev–Trinajstić information content (AvgIpc) is 3.02. The standard InChI is InChI=1S/C16H22ClN5O3S3/c1-9(2)18-15-20-21-16(27-15)26-10(3)14(23)19-11-6-7-12(17)13(8-11)28(24,25)22(4)5/h6-10H,1-5H3,(H,18,20)(H,19,23). The fraction of sp³-hybridized carbons (Fsp3) is 0.438. The molecule has 0 aliphatic carbocycles. The highest BCUT2D eigenvalue weighted by Gasteiger charge is 2.23. The van der Waals surface area contributed by atoms with Gasteiger partial charge in [-0.1, -0.05) is 34.7 Å². The van der Waals surface area contributed by atoms with Gasteiger partial charge >= 0.3 is 0 Å². The zero-order chi connectivity index (χ0) is 21.1. The summed E-state index contributed by atoms with van der Waals surface area (Å²) in [5, 5.41) is 14.3. The second kappa shape index (κ2) is 9.40. The largest absolute Gasteiger partial charge is 0.358 e. The van der Waals surface area contributed by atoms with Gasteiger partial charge in [0.2, 0.25) is 21.1 Å². The first-order chi connectivity index (χ1) is 13.0. The molecule has 28 heavy (non-hydrogen) atoms. The predicted octanol–water partition coefficient (Wildman–Crippen LogP) is 3.38. The molecule has 0 fully saturated rings. The van der Waals surface area contributed by atoms with E-state index in [-0.39, 0.29) is 21.9 Å². The third-order valence-corrected chi connectivity index (χ3v) is 7.76. The van der Waals surface area contributed by atoms with Crippen molar-refractivity contribution in [2.75, 3.05) is 24.7 Å². The van der Waals surface area contributed by atoms with Crippen LogP contribution < -0.4 is 10.6 Å². The summed E-state index contributed by atoms with van der Waals surface area (Å²) < 4.78 is 26.4. The Balaban J connectivity index is 2.09. The molecule has 0 saturated carbocycles. The maximum Gasteiger partial charge on any atom is 0.244 e. The summed E-state index contributed by atoms with van der Waals surface area (Å²) >= 11 is 8.68. The van der Waals surface area contributed by atoms with Crippen LogP contribution in [0.1, 0.15) is 20.8 Å². The van der Waals surface area contributed by atoms with E-state index >= 15 is 0 Å². The molecule has 0 aliphatic heterocycles. The van der Waals surface area contributed by atoms with Crippen molar-refractivity contribution < 1.29 is 13.2 Å². The van der Waals surface area contributed by atoms with Gasteiger partial charge in [-0.2, -0.15) is 0 Å². The summed E-state index contributed by atoms with van der Waals surface area (Å²) in [5.41, 5.74) is 0.349. The summed E-state index contributed by atoms with van der Waals surface area (Å²) in [4.78, 5) is 12.4. The van der Waals surface area contributed by atoms with Crippen LogP contribution in [0.25, 0.3) is 0 Å². The number of halogens is 1. The second-order valence-corrected chi connectivity index (χ2v) is 11.4. The van der Waals surface area contributed by atoms with Gasteiger partial charge in [0.05, 0.1) is 10.3 Å². The first-order valence-electron chi connectivity index (χ1n) is 8.30. The molecule has 1 unspecified atom stereocenters. The van der Waals surface area contributed by atoms with Crippen LogP contribution in [0, 0.1) is 0 Å². The van der Waals surface area contributed by atoms with Crippen LogP contribution in [0.4, 0.5) is 10.8 Å². The highest BCUT2D eigenvalue weighted by Crippen LogP contribution is 2.31. The first kappa shape index (κ1) is 22.9. The molecule has 8 nitrogen and oxygen atoms in total. The van der Waals surface area contributed by atoms with Gasteiger partial charge in [0.25, 0.3) is 0 Å². The Bertz CT molecular complexity index is 947. The minimum Gasteiger partial charge on any atom is -0.358 e. The van der Waals surface area contributed by atoms with Crippen LogP contribution in [-0.2, 0) is 14.8 Å². The Kier molecular flexibility index (Phi) is 7.68. The Labute approximate surface area is 178 Å². The van der Waals surface area contributed by atoms with Crippen LogP contribution in [0.3, 0.4) is 0 Å². The summed E-state index contributed by atoms with van der Waals surface area (Å²) in [5.74, 6) is -0.283. The number of rotatable bonds is 8. The van der Waals surface area contributed by atoms with Crippen LogP contribution in [-0.4, -0.2) is 54.2 Å². The molecule has 2 N–H and O–H groups in total. The third kappa shape index (κ3) is 5.80. The quantitative estimate of drug-likeness (QED) is 0.578. The number of carbonyl (C=O) groups is 1. The molecule has 0 bridgehead atoms. The minimum atomic E-state index is -3.72. The van der Waals surface area contributed by atoms with Crippen LogP contribution in [0.5, 0.6) is 0 Å². The van der Waals surface area contributed by atoms with Gasteiger partial charge in [-0.3, -0.25) is 4.79 Å². The Morgan fingerprint density at radius 3 is 2.54 bits per heavy atom. The zero-order valence-electron chi connectivity index (χ0n) is 16.1. The lowest BCUT2D eigenvalue weighted by Gasteiger charge is -2.15. The second-order valence-electron chi connectivity index (χ2n) is 6.35. The molecule has 1 atom stereocenters. The van der Waals surface area contributed by atoms with Gasteiger partial charge in [-0.25, -0.2) is 12.7 Å². The van der Waals surface area contributed by atoms with Crippen molar-refractivity contribution in [2.45, 2.75) is 41.3 Å². The molecular weight excluding hydrogens is 442 g/mol. The molecule has 0 aliphatic rings. The predicted molar refractivity (Wildman–Crippen MR) is 115 cm³/mol. The number of nitrogens with one attached hydrogen (secondary N) is 2. The number of carbonyl (C=O) groups excluding carboxylic acids is 1. The van der Waals surface area contributed by atoms with E-state index < -0.39 is 15.3 Å². The van der Waals surface area contributed by atoms with E-state index in [1.54, 1.807) is 13.0 Å². The number of benzene rings is 1. The number of sulfonamides is 1. The molecule has 1 aromatic heterocycles. The number of nitrogens with zero attached hydrogens (tertiary/aromatic N) is 3.